The Bertz CT molecular complexity index is 1080. The highest BCUT2D eigenvalue weighted by Crippen LogP contribution is 2.36. The van der Waals surface area contributed by atoms with Crippen LogP contribution >= 0.6 is 27.3 Å². The van der Waals surface area contributed by atoms with E-state index in [2.05, 4.69) is 21.2 Å². The van der Waals surface area contributed by atoms with Gasteiger partial charge in [0.15, 0.2) is 0 Å². The van der Waals surface area contributed by atoms with Crippen LogP contribution in [-0.2, 0) is 9.53 Å². The Morgan fingerprint density at radius 3 is 2.60 bits per heavy atom. The Morgan fingerprint density at radius 1 is 1.17 bits per heavy atom. The van der Waals surface area contributed by atoms with E-state index in [1.807, 2.05) is 53.9 Å². The molecule has 3 rings (SSSR count). The molecule has 0 fully saturated rings. The molecule has 0 unspecified atom stereocenters. The van der Waals surface area contributed by atoms with E-state index >= 15 is 0 Å². The van der Waals surface area contributed by atoms with Crippen LogP contribution in [0, 0.1) is 0 Å². The number of amides is 1. The van der Waals surface area contributed by atoms with Gasteiger partial charge in [-0.3, -0.25) is 4.79 Å². The molecule has 1 aromatic heterocycles. The minimum Gasteiger partial charge on any atom is -0.496 e. The molecule has 3 aromatic rings. The number of ether oxygens (including phenoxy) is 2. The molecule has 154 valence electrons. The van der Waals surface area contributed by atoms with Crippen LogP contribution in [0.3, 0.4) is 0 Å². The molecule has 0 saturated heterocycles. The fourth-order valence-corrected chi connectivity index (χ4v) is 4.32. The Labute approximate surface area is 187 Å². The number of benzene rings is 2. The van der Waals surface area contributed by atoms with Gasteiger partial charge in [-0.05, 0) is 52.2 Å². The summed E-state index contributed by atoms with van der Waals surface area (Å²) >= 11 is 4.72. The first-order valence-corrected chi connectivity index (χ1v) is 10.9. The molecule has 30 heavy (non-hydrogen) atoms. The van der Waals surface area contributed by atoms with Crippen molar-refractivity contribution < 1.29 is 19.1 Å². The van der Waals surface area contributed by atoms with Crippen molar-refractivity contribution in [1.29, 1.82) is 0 Å². The summed E-state index contributed by atoms with van der Waals surface area (Å²) in [6, 6.07) is 15.0. The van der Waals surface area contributed by atoms with Crippen molar-refractivity contribution in [2.24, 2.45) is 0 Å². The topological polar surface area (TPSA) is 64.6 Å². The second-order valence-corrected chi connectivity index (χ2v) is 7.89. The van der Waals surface area contributed by atoms with Gasteiger partial charge in [0.2, 0.25) is 5.91 Å². The van der Waals surface area contributed by atoms with E-state index in [4.69, 9.17) is 9.47 Å². The van der Waals surface area contributed by atoms with Gasteiger partial charge < -0.3 is 14.8 Å². The number of rotatable bonds is 7. The Balaban J connectivity index is 1.83. The molecule has 0 aliphatic heterocycles. The highest BCUT2D eigenvalue weighted by atomic mass is 79.9. The van der Waals surface area contributed by atoms with Crippen molar-refractivity contribution >= 4 is 50.2 Å². The molecule has 1 heterocycles. The highest BCUT2D eigenvalue weighted by molar-refractivity contribution is 9.10. The molecular weight excluding hydrogens is 466 g/mol. The second kappa shape index (κ2) is 10.2. The van der Waals surface area contributed by atoms with E-state index in [1.165, 1.54) is 17.4 Å². The lowest BCUT2D eigenvalue weighted by molar-refractivity contribution is -0.111. The van der Waals surface area contributed by atoms with E-state index < -0.39 is 5.97 Å². The zero-order chi connectivity index (χ0) is 21.5. The first-order chi connectivity index (χ1) is 14.5. The lowest BCUT2D eigenvalue weighted by Crippen LogP contribution is -2.12. The van der Waals surface area contributed by atoms with Gasteiger partial charge in [-0.25, -0.2) is 4.79 Å². The van der Waals surface area contributed by atoms with Gasteiger partial charge >= 0.3 is 5.97 Å². The zero-order valence-electron chi connectivity index (χ0n) is 16.5. The third-order valence-corrected chi connectivity index (χ3v) is 5.71. The first kappa shape index (κ1) is 21.8. The van der Waals surface area contributed by atoms with Crippen LogP contribution in [-0.4, -0.2) is 25.6 Å². The first-order valence-electron chi connectivity index (χ1n) is 9.20. The standard InChI is InChI=1S/C23H20BrNO4S/c1-3-29-23(27)21-17(16-7-5-4-6-8-16)14-30-22(21)25-20(26)12-10-15-9-11-19(28-2)18(24)13-15/h4-14H,3H2,1-2H3,(H,25,26)/b12-10+. The van der Waals surface area contributed by atoms with Gasteiger partial charge in [-0.15, -0.1) is 11.3 Å². The van der Waals surface area contributed by atoms with Crippen LogP contribution in [0.5, 0.6) is 5.75 Å². The fraction of sp³-hybridized carbons (Fsp3) is 0.130. The van der Waals surface area contributed by atoms with Crippen molar-refractivity contribution in [2.75, 3.05) is 19.0 Å². The maximum absolute atomic E-state index is 12.6. The average Bonchev–Trinajstić information content (AvgIpc) is 3.16. The molecule has 2 aromatic carbocycles. The number of thiophene rings is 1. The maximum atomic E-state index is 12.6. The summed E-state index contributed by atoms with van der Waals surface area (Å²) in [6.07, 6.45) is 3.11. The Morgan fingerprint density at radius 2 is 1.93 bits per heavy atom. The van der Waals surface area contributed by atoms with Crippen LogP contribution in [0.4, 0.5) is 5.00 Å². The minimum absolute atomic E-state index is 0.253. The van der Waals surface area contributed by atoms with Crippen molar-refractivity contribution in [3.8, 4) is 16.9 Å². The van der Waals surface area contributed by atoms with Crippen LogP contribution in [0.25, 0.3) is 17.2 Å². The highest BCUT2D eigenvalue weighted by Gasteiger charge is 2.22. The van der Waals surface area contributed by atoms with Gasteiger partial charge in [-0.2, -0.15) is 0 Å². The van der Waals surface area contributed by atoms with Gasteiger partial charge in [0, 0.05) is 17.0 Å². The maximum Gasteiger partial charge on any atom is 0.341 e. The monoisotopic (exact) mass is 485 g/mol. The van der Waals surface area contributed by atoms with Gasteiger partial charge in [0.05, 0.1) is 18.2 Å². The predicted octanol–water partition coefficient (Wildman–Crippen LogP) is 6.01. The summed E-state index contributed by atoms with van der Waals surface area (Å²) < 4.78 is 11.2. The van der Waals surface area contributed by atoms with Crippen molar-refractivity contribution in [3.63, 3.8) is 0 Å². The third-order valence-electron chi connectivity index (χ3n) is 4.20. The number of hydrogen-bond acceptors (Lipinski definition) is 5. The van der Waals surface area contributed by atoms with Crippen molar-refractivity contribution in [2.45, 2.75) is 6.92 Å². The number of carbonyl (C=O) groups is 2. The molecular formula is C23H20BrNO4S. The van der Waals surface area contributed by atoms with E-state index in [0.717, 1.165) is 21.2 Å². The molecule has 0 radical (unpaired) electrons. The van der Waals surface area contributed by atoms with E-state index in [1.54, 1.807) is 20.1 Å². The number of hydrogen-bond donors (Lipinski definition) is 1. The van der Waals surface area contributed by atoms with E-state index in [-0.39, 0.29) is 12.5 Å². The second-order valence-electron chi connectivity index (χ2n) is 6.16. The fourth-order valence-electron chi connectivity index (χ4n) is 2.80. The normalized spacial score (nSPS) is 10.8. The summed E-state index contributed by atoms with van der Waals surface area (Å²) in [5.41, 5.74) is 2.81. The smallest absolute Gasteiger partial charge is 0.341 e. The zero-order valence-corrected chi connectivity index (χ0v) is 18.9. The molecule has 1 amide bonds. The quantitative estimate of drug-likeness (QED) is 0.328. The van der Waals surface area contributed by atoms with E-state index in [0.29, 0.717) is 16.3 Å². The molecule has 0 aliphatic carbocycles. The van der Waals surface area contributed by atoms with Crippen molar-refractivity contribution in [3.05, 3.63) is 75.6 Å². The molecule has 0 saturated carbocycles. The lowest BCUT2D eigenvalue weighted by Gasteiger charge is -2.08. The lowest BCUT2D eigenvalue weighted by atomic mass is 10.0. The van der Waals surface area contributed by atoms with Crippen molar-refractivity contribution in [1.82, 2.24) is 0 Å². The summed E-state index contributed by atoms with van der Waals surface area (Å²) in [7, 11) is 1.59. The number of methoxy groups -OCH3 is 1. The van der Waals surface area contributed by atoms with Gasteiger partial charge in [-0.1, -0.05) is 36.4 Å². The predicted molar refractivity (Wildman–Crippen MR) is 124 cm³/mol. The molecule has 0 bridgehead atoms. The third kappa shape index (κ3) is 5.17. The summed E-state index contributed by atoms with van der Waals surface area (Å²) in [5.74, 6) is -0.0902. The molecule has 0 spiro atoms. The molecule has 7 heteroatoms. The number of halogens is 1. The Hall–Kier alpha value is -2.90. The molecule has 0 aliphatic rings. The average molecular weight is 486 g/mol. The molecule has 1 N–H and O–H groups in total. The number of nitrogens with one attached hydrogen (secondary N) is 1. The number of esters is 1. The van der Waals surface area contributed by atoms with Gasteiger partial charge in [0.1, 0.15) is 16.3 Å². The Kier molecular flexibility index (Phi) is 7.43. The summed E-state index contributed by atoms with van der Waals surface area (Å²) in [6.45, 7) is 2.00. The molecule has 0 atom stereocenters. The van der Waals surface area contributed by atoms with Crippen LogP contribution < -0.4 is 10.1 Å². The largest absolute Gasteiger partial charge is 0.496 e. The SMILES string of the molecule is CCOC(=O)c1c(-c2ccccc2)csc1NC(=O)/C=C/c1ccc(OC)c(Br)c1. The summed E-state index contributed by atoms with van der Waals surface area (Å²) in [4.78, 5) is 25.1. The van der Waals surface area contributed by atoms with Gasteiger partial charge in [0.25, 0.3) is 0 Å². The number of anilines is 1. The minimum atomic E-state index is -0.462. The van der Waals surface area contributed by atoms with Crippen LogP contribution in [0.1, 0.15) is 22.8 Å². The van der Waals surface area contributed by atoms with Crippen LogP contribution in [0.15, 0.2) is 64.5 Å². The molecule has 5 nitrogen and oxygen atoms in total. The van der Waals surface area contributed by atoms with Crippen LogP contribution in [0.2, 0.25) is 0 Å². The number of carbonyl (C=O) groups excluding carboxylic acids is 2. The summed E-state index contributed by atoms with van der Waals surface area (Å²) in [5, 5.41) is 5.11. The van der Waals surface area contributed by atoms with E-state index in [9.17, 15) is 9.59 Å².